The summed E-state index contributed by atoms with van der Waals surface area (Å²) in [6.07, 6.45) is -3.27. The van der Waals surface area contributed by atoms with Gasteiger partial charge in [0, 0.05) is 0 Å². The lowest BCUT2D eigenvalue weighted by Crippen LogP contribution is -2.30. The Morgan fingerprint density at radius 2 is 1.60 bits per heavy atom. The van der Waals surface area contributed by atoms with E-state index in [-0.39, 0.29) is 6.26 Å². The number of sulfone groups is 3. The van der Waals surface area contributed by atoms with Crippen LogP contribution in [0.1, 0.15) is 0 Å². The first-order valence-electron chi connectivity index (χ1n) is 1.93. The van der Waals surface area contributed by atoms with E-state index in [1.54, 1.807) is 0 Å². The van der Waals surface area contributed by atoms with Gasteiger partial charge in [0.15, 0.2) is 0 Å². The molecule has 0 aliphatic heterocycles. The molecule has 0 aromatic heterocycles. The van der Waals surface area contributed by atoms with Crippen LogP contribution < -0.4 is 0 Å². The maximum absolute atomic E-state index is 11.7. The van der Waals surface area contributed by atoms with Crippen LogP contribution in [0.2, 0.25) is 0 Å². The molecular formula is C3H3F3O3S-2. The lowest BCUT2D eigenvalue weighted by Gasteiger charge is -2.48. The normalized spacial score (nSPS) is 15.6. The second-order valence-electron chi connectivity index (χ2n) is 1.69. The van der Waals surface area contributed by atoms with Gasteiger partial charge in [-0.15, -0.1) is 0 Å². The van der Waals surface area contributed by atoms with Crippen LogP contribution in [0.15, 0.2) is 11.2 Å². The van der Waals surface area contributed by atoms with Crippen LogP contribution in [0.4, 0.5) is 13.2 Å². The van der Waals surface area contributed by atoms with Crippen LogP contribution in [-0.2, 0) is 9.63 Å². The Hall–Kier alpha value is -0.400. The van der Waals surface area contributed by atoms with Crippen molar-refractivity contribution in [2.24, 2.45) is 0 Å². The summed E-state index contributed by atoms with van der Waals surface area (Å²) in [7, 11) is -6.34. The molecule has 0 fully saturated rings. The van der Waals surface area contributed by atoms with Gasteiger partial charge in [0.25, 0.3) is 0 Å². The van der Waals surface area contributed by atoms with Gasteiger partial charge >= 0.3 is 6.08 Å². The van der Waals surface area contributed by atoms with E-state index >= 15 is 0 Å². The summed E-state index contributed by atoms with van der Waals surface area (Å²) < 4.78 is 63.6. The van der Waals surface area contributed by atoms with Crippen molar-refractivity contribution < 1.29 is 26.5 Å². The minimum absolute atomic E-state index is 0.147. The summed E-state index contributed by atoms with van der Waals surface area (Å²) in [6.45, 7) is 0. The van der Waals surface area contributed by atoms with E-state index in [2.05, 4.69) is 0 Å². The fraction of sp³-hybridized carbons (Fsp3) is 0.333. The predicted molar refractivity (Wildman–Crippen MR) is 26.0 cm³/mol. The molecule has 0 aromatic carbocycles. The Morgan fingerprint density at radius 3 is 1.60 bits per heavy atom. The van der Waals surface area contributed by atoms with E-state index in [1.807, 2.05) is 0 Å². The van der Waals surface area contributed by atoms with Crippen molar-refractivity contribution in [1.29, 1.82) is 0 Å². The van der Waals surface area contributed by atoms with E-state index in [9.17, 15) is 26.5 Å². The second-order valence-corrected chi connectivity index (χ2v) is 4.37. The SMILES string of the molecule is CS(=O)([O-])([O-])C(F)=C(F)F. The Morgan fingerprint density at radius 1 is 1.30 bits per heavy atom. The molecule has 10 heavy (non-hydrogen) atoms. The van der Waals surface area contributed by atoms with Gasteiger partial charge in [0.2, 0.25) is 5.16 Å². The maximum Gasteiger partial charge on any atom is 0.311 e. The van der Waals surface area contributed by atoms with Crippen LogP contribution in [-0.4, -0.2) is 19.6 Å². The summed E-state index contributed by atoms with van der Waals surface area (Å²) in [4.78, 5) is 0. The molecule has 0 rings (SSSR count). The second kappa shape index (κ2) is 2.04. The molecule has 0 aromatic rings. The van der Waals surface area contributed by atoms with E-state index in [0.717, 1.165) is 0 Å². The lowest BCUT2D eigenvalue weighted by molar-refractivity contribution is 0.338. The van der Waals surface area contributed by atoms with Crippen LogP contribution >= 0.6 is 0 Å². The summed E-state index contributed by atoms with van der Waals surface area (Å²) in [5, 5.41) is -2.91. The first kappa shape index (κ1) is 9.60. The number of halogens is 3. The lowest BCUT2D eigenvalue weighted by atomic mass is 11.1. The van der Waals surface area contributed by atoms with E-state index in [1.165, 1.54) is 0 Å². The van der Waals surface area contributed by atoms with Crippen LogP contribution in [0.5, 0.6) is 0 Å². The molecule has 0 amide bonds. The molecule has 7 heteroatoms. The van der Waals surface area contributed by atoms with Crippen molar-refractivity contribution in [1.82, 2.24) is 0 Å². The Bertz CT molecular complexity index is 224. The molecule has 0 aliphatic carbocycles. The number of hydrogen-bond donors (Lipinski definition) is 0. The summed E-state index contributed by atoms with van der Waals surface area (Å²) in [5.74, 6) is 0. The summed E-state index contributed by atoms with van der Waals surface area (Å²) in [6, 6.07) is 0. The minimum Gasteiger partial charge on any atom is -0.794 e. The zero-order chi connectivity index (χ0) is 8.60. The third kappa shape index (κ3) is 2.46. The molecule has 0 radical (unpaired) electrons. The molecule has 0 saturated carbocycles. The smallest absolute Gasteiger partial charge is 0.311 e. The quantitative estimate of drug-likeness (QED) is 0.591. The molecule has 0 bridgehead atoms. The molecule has 62 valence electrons. The highest BCUT2D eigenvalue weighted by Gasteiger charge is 2.16. The van der Waals surface area contributed by atoms with Gasteiger partial charge in [-0.2, -0.15) is 22.8 Å². The van der Waals surface area contributed by atoms with E-state index < -0.39 is 20.9 Å². The minimum atomic E-state index is -6.34. The van der Waals surface area contributed by atoms with Crippen molar-refractivity contribution in [3.63, 3.8) is 0 Å². The number of rotatable bonds is 1. The fourth-order valence-electron chi connectivity index (χ4n) is 0.172. The van der Waals surface area contributed by atoms with Gasteiger partial charge in [-0.3, -0.25) is 0 Å². The fourth-order valence-corrected chi connectivity index (χ4v) is 0.515. The molecule has 0 saturated heterocycles. The summed E-state index contributed by atoms with van der Waals surface area (Å²) in [5.41, 5.74) is 0. The van der Waals surface area contributed by atoms with Crippen LogP contribution in [0.25, 0.3) is 0 Å². The third-order valence-corrected chi connectivity index (χ3v) is 1.50. The van der Waals surface area contributed by atoms with Gasteiger partial charge in [0.1, 0.15) is 0 Å². The molecular weight excluding hydrogens is 173 g/mol. The zero-order valence-electron chi connectivity index (χ0n) is 4.77. The average molecular weight is 176 g/mol. The Kier molecular flexibility index (Phi) is 1.96. The average Bonchev–Trinajstić information content (AvgIpc) is 1.59. The van der Waals surface area contributed by atoms with Crippen molar-refractivity contribution in [2.75, 3.05) is 6.26 Å². The standard InChI is InChI=1S/C3H5F3O3S/c1-10(7,8,9)3(6)2(4)5/h1H3,(H2,7,8,9)/p-2. The first-order valence-corrected chi connectivity index (χ1v) is 4.15. The predicted octanol–water partition coefficient (Wildman–Crippen LogP) is 0.732. The Balaban J connectivity index is 5.09. The van der Waals surface area contributed by atoms with Crippen molar-refractivity contribution in [3.8, 4) is 0 Å². The zero-order valence-corrected chi connectivity index (χ0v) is 5.58. The monoisotopic (exact) mass is 176 g/mol. The van der Waals surface area contributed by atoms with Crippen LogP contribution in [0, 0.1) is 0 Å². The van der Waals surface area contributed by atoms with Gasteiger partial charge in [-0.25, -0.2) is 0 Å². The van der Waals surface area contributed by atoms with Crippen molar-refractivity contribution >= 4 is 9.63 Å². The first-order chi connectivity index (χ1) is 4.11. The highest BCUT2D eigenvalue weighted by atomic mass is 32.3. The molecule has 0 heterocycles. The maximum atomic E-state index is 11.7. The molecule has 3 nitrogen and oxygen atoms in total. The summed E-state index contributed by atoms with van der Waals surface area (Å²) >= 11 is 0. The van der Waals surface area contributed by atoms with Gasteiger partial charge in [0.05, 0.1) is 0 Å². The third-order valence-electron chi connectivity index (χ3n) is 0.547. The van der Waals surface area contributed by atoms with Gasteiger partial charge in [-0.1, -0.05) is 0 Å². The van der Waals surface area contributed by atoms with E-state index in [4.69, 9.17) is 0 Å². The molecule has 0 N–H and O–H groups in total. The molecule has 0 unspecified atom stereocenters. The van der Waals surface area contributed by atoms with Crippen molar-refractivity contribution in [2.45, 2.75) is 0 Å². The van der Waals surface area contributed by atoms with Crippen LogP contribution in [0.3, 0.4) is 0 Å². The van der Waals surface area contributed by atoms with Gasteiger partial charge < -0.3 is 13.3 Å². The van der Waals surface area contributed by atoms with Crippen molar-refractivity contribution in [3.05, 3.63) is 11.2 Å². The highest BCUT2D eigenvalue weighted by Crippen LogP contribution is 2.28. The molecule has 0 aliphatic rings. The topological polar surface area (TPSA) is 63.2 Å². The Labute approximate surface area is 54.6 Å². The van der Waals surface area contributed by atoms with E-state index in [0.29, 0.717) is 0 Å². The van der Waals surface area contributed by atoms with Gasteiger partial charge in [-0.05, 0) is 6.26 Å². The molecule has 0 spiro atoms. The molecule has 0 atom stereocenters. The highest BCUT2D eigenvalue weighted by molar-refractivity contribution is 8.12. The largest absolute Gasteiger partial charge is 0.794 e. The number of hydrogen-bond acceptors (Lipinski definition) is 3.